The summed E-state index contributed by atoms with van der Waals surface area (Å²) in [5, 5.41) is 8.44. The number of terminal acetylenes is 1. The summed E-state index contributed by atoms with van der Waals surface area (Å²) >= 11 is 0. The van der Waals surface area contributed by atoms with Crippen molar-refractivity contribution < 1.29 is 19.2 Å². The fourth-order valence-electron chi connectivity index (χ4n) is 1.49. The molecule has 0 fully saturated rings. The summed E-state index contributed by atoms with van der Waals surface area (Å²) in [6, 6.07) is 0. The Balaban J connectivity index is 0.000000384. The van der Waals surface area contributed by atoms with E-state index in [-0.39, 0.29) is 11.6 Å². The fourth-order valence-corrected chi connectivity index (χ4v) is 1.49. The molecule has 0 aromatic heterocycles. The Morgan fingerprint density at radius 2 is 2.05 bits per heavy atom. The molecule has 116 valence electrons. The summed E-state index contributed by atoms with van der Waals surface area (Å²) in [5.74, 6) is 2.23. The van der Waals surface area contributed by atoms with Crippen LogP contribution in [-0.2, 0) is 19.2 Å². The molecule has 0 saturated carbocycles. The SMILES string of the molecule is C#CCCC1(CCC=O)N=N1.CCCC(=O)N(C=O)OC. The number of hydrogen-bond acceptors (Lipinski definition) is 6. The summed E-state index contributed by atoms with van der Waals surface area (Å²) in [7, 11) is 1.28. The quantitative estimate of drug-likeness (QED) is 0.369. The molecule has 0 spiro atoms. The average Bonchev–Trinajstić information content (AvgIpc) is 3.26. The normalized spacial score (nSPS) is 13.4. The van der Waals surface area contributed by atoms with Gasteiger partial charge >= 0.3 is 0 Å². The number of imide groups is 1. The summed E-state index contributed by atoms with van der Waals surface area (Å²) in [5.41, 5.74) is -0.271. The number of hydrogen-bond donors (Lipinski definition) is 0. The van der Waals surface area contributed by atoms with Gasteiger partial charge in [-0.1, -0.05) is 6.92 Å². The minimum absolute atomic E-state index is 0.271. The van der Waals surface area contributed by atoms with Crippen LogP contribution >= 0.6 is 0 Å². The predicted octanol–water partition coefficient (Wildman–Crippen LogP) is 1.87. The minimum atomic E-state index is -0.306. The van der Waals surface area contributed by atoms with Gasteiger partial charge in [0.15, 0.2) is 5.66 Å². The molecule has 0 unspecified atom stereocenters. The van der Waals surface area contributed by atoms with E-state index in [4.69, 9.17) is 6.42 Å². The van der Waals surface area contributed by atoms with E-state index in [1.54, 1.807) is 0 Å². The van der Waals surface area contributed by atoms with Crippen molar-refractivity contribution in [2.24, 2.45) is 10.2 Å². The monoisotopic (exact) mass is 295 g/mol. The van der Waals surface area contributed by atoms with Crippen LogP contribution in [0.4, 0.5) is 0 Å². The highest BCUT2D eigenvalue weighted by molar-refractivity contribution is 5.84. The molecule has 1 aliphatic rings. The first-order valence-corrected chi connectivity index (χ1v) is 6.71. The molecule has 7 heteroatoms. The Morgan fingerprint density at radius 1 is 1.38 bits per heavy atom. The van der Waals surface area contributed by atoms with Crippen LogP contribution in [0, 0.1) is 12.3 Å². The Kier molecular flexibility index (Phi) is 9.63. The minimum Gasteiger partial charge on any atom is -0.303 e. The maximum Gasteiger partial charge on any atom is 0.253 e. The van der Waals surface area contributed by atoms with Crippen LogP contribution in [0.25, 0.3) is 0 Å². The summed E-state index contributed by atoms with van der Waals surface area (Å²) in [6.07, 6.45) is 10.1. The van der Waals surface area contributed by atoms with Gasteiger partial charge in [0.1, 0.15) is 6.29 Å². The molecule has 7 nitrogen and oxygen atoms in total. The van der Waals surface area contributed by atoms with Crippen LogP contribution in [0.2, 0.25) is 0 Å². The van der Waals surface area contributed by atoms with Gasteiger partial charge < -0.3 is 4.79 Å². The van der Waals surface area contributed by atoms with Crippen molar-refractivity contribution in [3.63, 3.8) is 0 Å². The lowest BCUT2D eigenvalue weighted by Crippen LogP contribution is -2.27. The first kappa shape index (κ1) is 18.9. The topological polar surface area (TPSA) is 88.4 Å². The molecule has 2 amide bonds. The number of carbonyl (C=O) groups is 3. The number of rotatable bonds is 9. The van der Waals surface area contributed by atoms with Crippen molar-refractivity contribution in [3.8, 4) is 12.3 Å². The highest BCUT2D eigenvalue weighted by atomic mass is 16.7. The second-order valence-corrected chi connectivity index (χ2v) is 4.35. The van der Waals surface area contributed by atoms with E-state index < -0.39 is 0 Å². The van der Waals surface area contributed by atoms with E-state index >= 15 is 0 Å². The third kappa shape index (κ3) is 7.95. The Labute approximate surface area is 124 Å². The van der Waals surface area contributed by atoms with E-state index in [0.717, 1.165) is 19.1 Å². The van der Waals surface area contributed by atoms with Crippen molar-refractivity contribution in [2.75, 3.05) is 7.11 Å². The van der Waals surface area contributed by atoms with Gasteiger partial charge in [0, 0.05) is 32.1 Å². The standard InChI is InChI=1S/C8H10N2O.C6H11NO3/c1-2-3-5-8(9-10-8)6-4-7-11;1-3-4-6(9)7(5-8)10-2/h1,7H,3-6H2;5H,3-4H2,1-2H3. The van der Waals surface area contributed by atoms with E-state index in [2.05, 4.69) is 21.0 Å². The number of amides is 2. The Morgan fingerprint density at radius 3 is 2.43 bits per heavy atom. The van der Waals surface area contributed by atoms with Crippen molar-refractivity contribution in [2.45, 2.75) is 51.1 Å². The van der Waals surface area contributed by atoms with Gasteiger partial charge in [0.2, 0.25) is 6.41 Å². The molecule has 0 saturated heterocycles. The summed E-state index contributed by atoms with van der Waals surface area (Å²) in [6.45, 7) is 1.86. The van der Waals surface area contributed by atoms with Gasteiger partial charge in [0.05, 0.1) is 7.11 Å². The van der Waals surface area contributed by atoms with Crippen molar-refractivity contribution in [1.82, 2.24) is 5.06 Å². The second kappa shape index (κ2) is 10.7. The van der Waals surface area contributed by atoms with Gasteiger partial charge in [-0.3, -0.25) is 14.4 Å². The molecule has 0 bridgehead atoms. The lowest BCUT2D eigenvalue weighted by Gasteiger charge is -2.09. The van der Waals surface area contributed by atoms with Gasteiger partial charge in [-0.05, 0) is 6.42 Å². The maximum absolute atomic E-state index is 10.8. The molecule has 0 aromatic rings. The Bertz CT molecular complexity index is 409. The van der Waals surface area contributed by atoms with Gasteiger partial charge in [-0.15, -0.1) is 12.3 Å². The molecule has 1 heterocycles. The molecule has 0 aliphatic carbocycles. The van der Waals surface area contributed by atoms with E-state index in [1.807, 2.05) is 6.92 Å². The van der Waals surface area contributed by atoms with Crippen molar-refractivity contribution >= 4 is 18.6 Å². The third-order valence-electron chi connectivity index (χ3n) is 2.72. The summed E-state index contributed by atoms with van der Waals surface area (Å²) < 4.78 is 0. The lowest BCUT2D eigenvalue weighted by molar-refractivity contribution is -0.178. The van der Waals surface area contributed by atoms with E-state index in [9.17, 15) is 14.4 Å². The Hall–Kier alpha value is -2.07. The molecule has 0 N–H and O–H groups in total. The molecule has 0 atom stereocenters. The average molecular weight is 295 g/mol. The zero-order chi connectivity index (χ0) is 16.1. The smallest absolute Gasteiger partial charge is 0.253 e. The van der Waals surface area contributed by atoms with Crippen LogP contribution < -0.4 is 0 Å². The molecule has 0 aromatic carbocycles. The molecule has 1 aliphatic heterocycles. The zero-order valence-corrected chi connectivity index (χ0v) is 12.4. The lowest BCUT2D eigenvalue weighted by atomic mass is 10.0. The molecule has 1 rings (SSSR count). The number of hydroxylamine groups is 2. The molecular formula is C14H21N3O4. The highest BCUT2D eigenvalue weighted by Crippen LogP contribution is 2.37. The maximum atomic E-state index is 10.8. The second-order valence-electron chi connectivity index (χ2n) is 4.35. The van der Waals surface area contributed by atoms with Gasteiger partial charge in [0.25, 0.3) is 5.91 Å². The largest absolute Gasteiger partial charge is 0.303 e. The zero-order valence-electron chi connectivity index (χ0n) is 12.4. The number of nitrogens with zero attached hydrogens (tertiary/aromatic N) is 3. The fraction of sp³-hybridized carbons (Fsp3) is 0.643. The summed E-state index contributed by atoms with van der Waals surface area (Å²) in [4.78, 5) is 35.3. The van der Waals surface area contributed by atoms with Gasteiger partial charge in [-0.25, -0.2) is 0 Å². The van der Waals surface area contributed by atoms with Crippen LogP contribution in [0.15, 0.2) is 10.2 Å². The van der Waals surface area contributed by atoms with Crippen molar-refractivity contribution in [3.05, 3.63) is 0 Å². The van der Waals surface area contributed by atoms with Crippen LogP contribution in [0.1, 0.15) is 45.4 Å². The number of carbonyl (C=O) groups excluding carboxylic acids is 3. The third-order valence-corrected chi connectivity index (χ3v) is 2.72. The first-order chi connectivity index (χ1) is 10.1. The van der Waals surface area contributed by atoms with E-state index in [1.165, 1.54) is 7.11 Å². The van der Waals surface area contributed by atoms with Crippen molar-refractivity contribution in [1.29, 1.82) is 0 Å². The number of aldehydes is 1. The van der Waals surface area contributed by atoms with E-state index in [0.29, 0.717) is 37.2 Å². The van der Waals surface area contributed by atoms with Crippen LogP contribution in [0.5, 0.6) is 0 Å². The van der Waals surface area contributed by atoms with Crippen LogP contribution in [-0.4, -0.2) is 36.4 Å². The molecular weight excluding hydrogens is 274 g/mol. The van der Waals surface area contributed by atoms with Gasteiger partial charge in [-0.2, -0.15) is 15.3 Å². The predicted molar refractivity (Wildman–Crippen MR) is 75.8 cm³/mol. The molecule has 21 heavy (non-hydrogen) atoms. The molecule has 0 radical (unpaired) electrons. The first-order valence-electron chi connectivity index (χ1n) is 6.71. The van der Waals surface area contributed by atoms with Crippen LogP contribution in [0.3, 0.4) is 0 Å². The highest BCUT2D eigenvalue weighted by Gasteiger charge is 2.38.